The maximum Gasteiger partial charge on any atom is 0.338 e. The molecule has 1 heterocycles. The smallest absolute Gasteiger partial charge is 0.338 e. The van der Waals surface area contributed by atoms with Crippen LogP contribution >= 0.6 is 0 Å². The Morgan fingerprint density at radius 3 is 2.00 bits per heavy atom. The van der Waals surface area contributed by atoms with E-state index in [1.807, 2.05) is 12.2 Å². The summed E-state index contributed by atoms with van der Waals surface area (Å²) in [4.78, 5) is 51.3. The third-order valence-corrected chi connectivity index (χ3v) is 6.33. The van der Waals surface area contributed by atoms with Gasteiger partial charge in [0.1, 0.15) is 5.82 Å². The van der Waals surface area contributed by atoms with Crippen LogP contribution in [-0.4, -0.2) is 30.2 Å². The molecule has 1 aliphatic heterocycles. The molecule has 5 rings (SSSR count). The number of benzene rings is 2. The number of fused-ring (bicyclic) bond motifs is 5. The summed E-state index contributed by atoms with van der Waals surface area (Å²) in [5.74, 6) is -2.31. The van der Waals surface area contributed by atoms with Crippen molar-refractivity contribution >= 4 is 29.3 Å². The Labute approximate surface area is 177 Å². The number of nitrogens with zero attached hydrogens (tertiary/aromatic N) is 1. The van der Waals surface area contributed by atoms with Crippen LogP contribution in [0.25, 0.3) is 0 Å². The van der Waals surface area contributed by atoms with Gasteiger partial charge in [-0.2, -0.15) is 0 Å². The number of imide groups is 1. The van der Waals surface area contributed by atoms with Gasteiger partial charge < -0.3 is 4.74 Å². The van der Waals surface area contributed by atoms with Crippen molar-refractivity contribution in [1.29, 1.82) is 0 Å². The van der Waals surface area contributed by atoms with Gasteiger partial charge in [0, 0.05) is 5.56 Å². The summed E-state index contributed by atoms with van der Waals surface area (Å²) in [5, 5.41) is 0. The zero-order chi connectivity index (χ0) is 21.7. The quantitative estimate of drug-likeness (QED) is 0.322. The molecule has 2 aromatic rings. The summed E-state index contributed by atoms with van der Waals surface area (Å²) < 4.78 is 18.0. The van der Waals surface area contributed by atoms with Crippen LogP contribution in [0.3, 0.4) is 0 Å². The number of carbonyl (C=O) groups excluding carboxylic acids is 4. The fourth-order valence-corrected chi connectivity index (χ4v) is 4.84. The highest BCUT2D eigenvalue weighted by Crippen LogP contribution is 2.53. The molecule has 1 saturated heterocycles. The molecule has 0 unspecified atom stereocenters. The lowest BCUT2D eigenvalue weighted by atomic mass is 9.85. The topological polar surface area (TPSA) is 80.8 Å². The predicted octanol–water partition coefficient (Wildman–Crippen LogP) is 3.18. The molecular weight excluding hydrogens is 401 g/mol. The van der Waals surface area contributed by atoms with Crippen LogP contribution in [0.15, 0.2) is 60.7 Å². The Morgan fingerprint density at radius 2 is 1.42 bits per heavy atom. The molecule has 3 aliphatic rings. The van der Waals surface area contributed by atoms with E-state index in [-0.39, 0.29) is 46.6 Å². The molecule has 2 fully saturated rings. The van der Waals surface area contributed by atoms with Crippen molar-refractivity contribution in [2.24, 2.45) is 23.7 Å². The molecule has 2 bridgehead atoms. The number of esters is 1. The Hall–Kier alpha value is -3.61. The third-order valence-electron chi connectivity index (χ3n) is 6.33. The number of ether oxygens (including phenoxy) is 1. The van der Waals surface area contributed by atoms with Crippen molar-refractivity contribution in [3.05, 3.63) is 77.6 Å². The van der Waals surface area contributed by atoms with E-state index in [2.05, 4.69) is 0 Å². The van der Waals surface area contributed by atoms with Gasteiger partial charge in [0.15, 0.2) is 12.4 Å². The highest BCUT2D eigenvalue weighted by molar-refractivity contribution is 6.22. The largest absolute Gasteiger partial charge is 0.454 e. The second kappa shape index (κ2) is 7.27. The van der Waals surface area contributed by atoms with E-state index in [4.69, 9.17) is 4.74 Å². The van der Waals surface area contributed by atoms with Crippen LogP contribution in [0.4, 0.5) is 10.1 Å². The fraction of sp³-hybridized carbons (Fsp3) is 0.250. The van der Waals surface area contributed by atoms with Gasteiger partial charge in [0.05, 0.1) is 23.1 Å². The molecule has 0 aromatic heterocycles. The van der Waals surface area contributed by atoms with E-state index in [0.29, 0.717) is 5.69 Å². The molecule has 31 heavy (non-hydrogen) atoms. The summed E-state index contributed by atoms with van der Waals surface area (Å²) in [6.07, 6.45) is 4.93. The average Bonchev–Trinajstić information content (AvgIpc) is 3.46. The number of ketones is 1. The Morgan fingerprint density at radius 1 is 0.871 bits per heavy atom. The van der Waals surface area contributed by atoms with Gasteiger partial charge in [0.25, 0.3) is 0 Å². The number of halogens is 1. The summed E-state index contributed by atoms with van der Waals surface area (Å²) in [6, 6.07) is 10.9. The first kappa shape index (κ1) is 19.4. The Balaban J connectivity index is 1.24. The minimum atomic E-state index is -0.708. The molecule has 6 nitrogen and oxygen atoms in total. The Kier molecular flexibility index (Phi) is 4.54. The zero-order valence-electron chi connectivity index (χ0n) is 16.4. The van der Waals surface area contributed by atoms with Crippen LogP contribution < -0.4 is 4.90 Å². The maximum atomic E-state index is 12.9. The van der Waals surface area contributed by atoms with Gasteiger partial charge >= 0.3 is 5.97 Å². The molecule has 7 heteroatoms. The number of anilines is 1. The summed E-state index contributed by atoms with van der Waals surface area (Å²) in [6.45, 7) is -0.478. The van der Waals surface area contributed by atoms with Gasteiger partial charge in [-0.1, -0.05) is 12.2 Å². The first-order valence-corrected chi connectivity index (χ1v) is 10.1. The van der Waals surface area contributed by atoms with Crippen LogP contribution in [0.2, 0.25) is 0 Å². The van der Waals surface area contributed by atoms with Crippen LogP contribution in [0, 0.1) is 29.5 Å². The predicted molar refractivity (Wildman–Crippen MR) is 108 cm³/mol. The molecule has 1 saturated carbocycles. The first-order chi connectivity index (χ1) is 14.9. The standard InChI is InChI=1S/C24H18FNO5/c25-17-7-3-13(4-8-17)19(27)12-31-24(30)14-5-9-18(10-6-14)26-22(28)20-15-1-2-16(11-15)21(20)23(26)29/h1-10,15-16,20-21H,11-12H2/t15-,16-,20-,21+/m0/s1. The van der Waals surface area contributed by atoms with Gasteiger partial charge in [-0.05, 0) is 66.8 Å². The molecule has 0 N–H and O–H groups in total. The number of Topliss-reactive ketones (excluding diaryl/α,β-unsaturated/α-hetero) is 1. The van der Waals surface area contributed by atoms with E-state index >= 15 is 0 Å². The summed E-state index contributed by atoms with van der Waals surface area (Å²) in [5.41, 5.74) is 0.851. The molecule has 0 radical (unpaired) electrons. The van der Waals surface area contributed by atoms with Gasteiger partial charge in [-0.15, -0.1) is 0 Å². The SMILES string of the molecule is O=C(COC(=O)c1ccc(N2C(=O)[C@@H]3[C@H](C2=O)[C@H]2C=C[C@H]3C2)cc1)c1ccc(F)cc1. The number of allylic oxidation sites excluding steroid dienone is 2. The van der Waals surface area contributed by atoms with Gasteiger partial charge in [-0.25, -0.2) is 9.18 Å². The van der Waals surface area contributed by atoms with E-state index in [0.717, 1.165) is 18.6 Å². The number of hydrogen-bond donors (Lipinski definition) is 0. The molecule has 4 atom stereocenters. The summed E-state index contributed by atoms with van der Waals surface area (Å²) in [7, 11) is 0. The van der Waals surface area contributed by atoms with Crippen LogP contribution in [-0.2, 0) is 14.3 Å². The molecule has 0 spiro atoms. The number of carbonyl (C=O) groups is 4. The number of hydrogen-bond acceptors (Lipinski definition) is 5. The van der Waals surface area contributed by atoms with Crippen molar-refractivity contribution in [3.63, 3.8) is 0 Å². The van der Waals surface area contributed by atoms with Crippen LogP contribution in [0.5, 0.6) is 0 Å². The lowest BCUT2D eigenvalue weighted by Gasteiger charge is -2.17. The van der Waals surface area contributed by atoms with Crippen molar-refractivity contribution in [2.75, 3.05) is 11.5 Å². The van der Waals surface area contributed by atoms with Crippen molar-refractivity contribution in [1.82, 2.24) is 0 Å². The second-order valence-electron chi connectivity index (χ2n) is 8.06. The highest BCUT2D eigenvalue weighted by Gasteiger charge is 2.59. The van der Waals surface area contributed by atoms with Crippen molar-refractivity contribution in [2.45, 2.75) is 6.42 Å². The zero-order valence-corrected chi connectivity index (χ0v) is 16.4. The molecule has 2 aliphatic carbocycles. The van der Waals surface area contributed by atoms with Crippen LogP contribution in [0.1, 0.15) is 27.1 Å². The van der Waals surface area contributed by atoms with E-state index in [1.165, 1.54) is 41.3 Å². The lowest BCUT2D eigenvalue weighted by molar-refractivity contribution is -0.123. The monoisotopic (exact) mass is 419 g/mol. The normalized spacial score (nSPS) is 25.8. The summed E-state index contributed by atoms with van der Waals surface area (Å²) >= 11 is 0. The van der Waals surface area contributed by atoms with E-state index < -0.39 is 24.2 Å². The third kappa shape index (κ3) is 3.17. The second-order valence-corrected chi connectivity index (χ2v) is 8.06. The lowest BCUT2D eigenvalue weighted by Crippen LogP contribution is -2.32. The maximum absolute atomic E-state index is 12.9. The minimum absolute atomic E-state index is 0.129. The first-order valence-electron chi connectivity index (χ1n) is 10.1. The fourth-order valence-electron chi connectivity index (χ4n) is 4.84. The number of amides is 2. The molecule has 2 aromatic carbocycles. The molecule has 2 amide bonds. The van der Waals surface area contributed by atoms with Gasteiger partial charge in [-0.3, -0.25) is 19.3 Å². The van der Waals surface area contributed by atoms with E-state index in [9.17, 15) is 23.6 Å². The molecular formula is C24H18FNO5. The van der Waals surface area contributed by atoms with Crippen molar-refractivity contribution in [3.8, 4) is 0 Å². The Bertz CT molecular complexity index is 1090. The highest BCUT2D eigenvalue weighted by atomic mass is 19.1. The average molecular weight is 419 g/mol. The van der Waals surface area contributed by atoms with Crippen molar-refractivity contribution < 1.29 is 28.3 Å². The van der Waals surface area contributed by atoms with Gasteiger partial charge in [0.2, 0.25) is 11.8 Å². The number of rotatable bonds is 5. The molecule has 156 valence electrons. The minimum Gasteiger partial charge on any atom is -0.454 e. The van der Waals surface area contributed by atoms with E-state index in [1.54, 1.807) is 0 Å².